The largest absolute Gasteiger partial charge is 0.223 e. The van der Waals surface area contributed by atoms with Gasteiger partial charge in [0.05, 0.1) is 15.1 Å². The Balaban J connectivity index is 2.43. The van der Waals surface area contributed by atoms with Gasteiger partial charge in [-0.05, 0) is 52.3 Å². The third-order valence-corrected chi connectivity index (χ3v) is 4.92. The summed E-state index contributed by atoms with van der Waals surface area (Å²) in [5.41, 5.74) is -0.552. The van der Waals surface area contributed by atoms with Gasteiger partial charge in [0.1, 0.15) is 17.5 Å². The molecule has 0 saturated heterocycles. The van der Waals surface area contributed by atoms with Crippen molar-refractivity contribution in [1.29, 1.82) is 0 Å². The molecule has 0 aliphatic heterocycles. The number of hydrogen-bond acceptors (Lipinski definition) is 2. The first kappa shape index (κ1) is 15.1. The number of sulfone groups is 1. The van der Waals surface area contributed by atoms with Gasteiger partial charge in [-0.25, -0.2) is 21.6 Å². The van der Waals surface area contributed by atoms with Crippen LogP contribution in [0.5, 0.6) is 0 Å². The maximum Gasteiger partial charge on any atom is 0.182 e. The smallest absolute Gasteiger partial charge is 0.182 e. The van der Waals surface area contributed by atoms with Crippen LogP contribution in [0.4, 0.5) is 13.2 Å². The van der Waals surface area contributed by atoms with Crippen LogP contribution in [-0.4, -0.2) is 8.42 Å². The fourth-order valence-electron chi connectivity index (χ4n) is 1.62. The lowest BCUT2D eigenvalue weighted by Gasteiger charge is -2.08. The summed E-state index contributed by atoms with van der Waals surface area (Å²) < 4.78 is 64.2. The number of hydrogen-bond donors (Lipinski definition) is 0. The van der Waals surface area contributed by atoms with Crippen molar-refractivity contribution >= 4 is 25.8 Å². The van der Waals surface area contributed by atoms with E-state index < -0.39 is 38.6 Å². The molecule has 0 unspecified atom stereocenters. The minimum absolute atomic E-state index is 0.0248. The molecule has 0 radical (unpaired) electrons. The van der Waals surface area contributed by atoms with E-state index in [1.54, 1.807) is 0 Å². The summed E-state index contributed by atoms with van der Waals surface area (Å²) in [7, 11) is -3.96. The summed E-state index contributed by atoms with van der Waals surface area (Å²) in [6.07, 6.45) is 0. The van der Waals surface area contributed by atoms with E-state index in [2.05, 4.69) is 15.9 Å². The lowest BCUT2D eigenvalue weighted by atomic mass is 10.2. The Morgan fingerprint density at radius 1 is 0.950 bits per heavy atom. The van der Waals surface area contributed by atoms with E-state index in [-0.39, 0.29) is 9.37 Å². The second-order valence-corrected chi connectivity index (χ2v) is 6.88. The average Bonchev–Trinajstić information content (AvgIpc) is 2.40. The fraction of sp³-hybridized carbons (Fsp3) is 0.0769. The van der Waals surface area contributed by atoms with Crippen LogP contribution in [0, 0.1) is 17.5 Å². The monoisotopic (exact) mass is 364 g/mol. The van der Waals surface area contributed by atoms with Gasteiger partial charge in [-0.15, -0.1) is 0 Å². The van der Waals surface area contributed by atoms with Crippen molar-refractivity contribution < 1.29 is 21.6 Å². The van der Waals surface area contributed by atoms with Gasteiger partial charge in [-0.3, -0.25) is 0 Å². The molecule has 2 aromatic carbocycles. The molecule has 0 bridgehead atoms. The van der Waals surface area contributed by atoms with E-state index in [0.717, 1.165) is 36.4 Å². The molecular weight excluding hydrogens is 357 g/mol. The Kier molecular flexibility index (Phi) is 4.19. The maximum atomic E-state index is 13.8. The predicted octanol–water partition coefficient (Wildman–Crippen LogP) is 3.84. The average molecular weight is 365 g/mol. The molecule has 0 fully saturated rings. The van der Waals surface area contributed by atoms with Crippen molar-refractivity contribution in [2.24, 2.45) is 0 Å². The Bertz CT molecular complexity index is 743. The summed E-state index contributed by atoms with van der Waals surface area (Å²) in [6, 6.07) is 6.18. The summed E-state index contributed by atoms with van der Waals surface area (Å²) >= 11 is 2.87. The second-order valence-electron chi connectivity index (χ2n) is 4.03. The Hall–Kier alpha value is -1.34. The number of halogens is 4. The molecule has 2 nitrogen and oxygen atoms in total. The molecule has 0 aliphatic rings. The topological polar surface area (TPSA) is 34.1 Å². The number of benzene rings is 2. The lowest BCUT2D eigenvalue weighted by molar-refractivity contribution is 0.552. The Labute approximate surface area is 122 Å². The van der Waals surface area contributed by atoms with Crippen LogP contribution in [0.25, 0.3) is 0 Å². The lowest BCUT2D eigenvalue weighted by Crippen LogP contribution is -2.09. The van der Waals surface area contributed by atoms with Crippen molar-refractivity contribution in [3.63, 3.8) is 0 Å². The van der Waals surface area contributed by atoms with Gasteiger partial charge in [0, 0.05) is 5.56 Å². The van der Waals surface area contributed by atoms with Gasteiger partial charge in [-0.2, -0.15) is 0 Å². The quantitative estimate of drug-likeness (QED) is 0.612. The van der Waals surface area contributed by atoms with Gasteiger partial charge in [0.15, 0.2) is 9.84 Å². The molecule has 2 aromatic rings. The molecule has 0 atom stereocenters. The van der Waals surface area contributed by atoms with Crippen LogP contribution in [-0.2, 0) is 15.6 Å². The fourth-order valence-corrected chi connectivity index (χ4v) is 3.35. The summed E-state index contributed by atoms with van der Waals surface area (Å²) in [4.78, 5) is -0.197. The van der Waals surface area contributed by atoms with Crippen molar-refractivity contribution in [2.45, 2.75) is 10.6 Å². The SMILES string of the molecule is O=S(=O)(Cc1c(F)ccc(Br)c1F)c1ccc(F)cc1. The first-order valence-corrected chi connectivity index (χ1v) is 7.86. The highest BCUT2D eigenvalue weighted by Gasteiger charge is 2.22. The Morgan fingerprint density at radius 3 is 2.15 bits per heavy atom. The third kappa shape index (κ3) is 3.04. The molecule has 0 spiro atoms. The molecule has 106 valence electrons. The van der Waals surface area contributed by atoms with Crippen LogP contribution in [0.3, 0.4) is 0 Å². The van der Waals surface area contributed by atoms with E-state index in [0.29, 0.717) is 0 Å². The van der Waals surface area contributed by atoms with E-state index in [9.17, 15) is 21.6 Å². The van der Waals surface area contributed by atoms with Crippen LogP contribution in [0.2, 0.25) is 0 Å². The van der Waals surface area contributed by atoms with Crippen LogP contribution >= 0.6 is 15.9 Å². The van der Waals surface area contributed by atoms with Crippen molar-refractivity contribution in [3.8, 4) is 0 Å². The van der Waals surface area contributed by atoms with Gasteiger partial charge in [0.2, 0.25) is 0 Å². The minimum Gasteiger partial charge on any atom is -0.223 e. The van der Waals surface area contributed by atoms with E-state index in [1.807, 2.05) is 0 Å². The molecule has 7 heteroatoms. The standard InChI is InChI=1S/C13H8BrF3O2S/c14-11-5-6-12(16)10(13(11)17)7-20(18,19)9-3-1-8(15)2-4-9/h1-6H,7H2. The summed E-state index contributed by atoms with van der Waals surface area (Å²) in [5, 5.41) is 0. The normalized spacial score (nSPS) is 11.6. The number of rotatable bonds is 3. The first-order valence-electron chi connectivity index (χ1n) is 5.42. The van der Waals surface area contributed by atoms with Crippen LogP contribution < -0.4 is 0 Å². The van der Waals surface area contributed by atoms with Gasteiger partial charge in [0.25, 0.3) is 0 Å². The first-order chi connectivity index (χ1) is 9.31. The molecule has 0 amide bonds. The molecule has 0 aliphatic carbocycles. The van der Waals surface area contributed by atoms with Gasteiger partial charge in [-0.1, -0.05) is 0 Å². The molecule has 0 saturated carbocycles. The van der Waals surface area contributed by atoms with E-state index in [1.165, 1.54) is 0 Å². The molecule has 20 heavy (non-hydrogen) atoms. The van der Waals surface area contributed by atoms with E-state index in [4.69, 9.17) is 0 Å². The van der Waals surface area contributed by atoms with Crippen molar-refractivity contribution in [3.05, 3.63) is 63.9 Å². The highest BCUT2D eigenvalue weighted by atomic mass is 79.9. The van der Waals surface area contributed by atoms with Gasteiger partial charge >= 0.3 is 0 Å². The molecule has 0 N–H and O–H groups in total. The zero-order valence-electron chi connectivity index (χ0n) is 9.91. The van der Waals surface area contributed by atoms with Crippen LogP contribution in [0.1, 0.15) is 5.56 Å². The van der Waals surface area contributed by atoms with E-state index >= 15 is 0 Å². The molecule has 2 rings (SSSR count). The highest BCUT2D eigenvalue weighted by molar-refractivity contribution is 9.10. The minimum atomic E-state index is -3.96. The van der Waals surface area contributed by atoms with Gasteiger partial charge < -0.3 is 0 Å². The van der Waals surface area contributed by atoms with Crippen molar-refractivity contribution in [2.75, 3.05) is 0 Å². The van der Waals surface area contributed by atoms with Crippen molar-refractivity contribution in [1.82, 2.24) is 0 Å². The zero-order chi connectivity index (χ0) is 14.9. The highest BCUT2D eigenvalue weighted by Crippen LogP contribution is 2.25. The van der Waals surface area contributed by atoms with Crippen LogP contribution in [0.15, 0.2) is 45.8 Å². The summed E-state index contributed by atoms with van der Waals surface area (Å²) in [6.45, 7) is 0. The maximum absolute atomic E-state index is 13.8. The molecule has 0 aromatic heterocycles. The summed E-state index contributed by atoms with van der Waals surface area (Å²) in [5.74, 6) is -3.34. The second kappa shape index (κ2) is 5.57. The molecule has 0 heterocycles. The zero-order valence-corrected chi connectivity index (χ0v) is 12.3. The third-order valence-electron chi connectivity index (χ3n) is 2.65. The molecular formula is C13H8BrF3O2S. The Morgan fingerprint density at radius 2 is 1.55 bits per heavy atom. The predicted molar refractivity (Wildman–Crippen MR) is 71.3 cm³/mol.